The fraction of sp³-hybridized carbons (Fsp3) is 0.538. The van der Waals surface area contributed by atoms with Crippen molar-refractivity contribution in [1.29, 1.82) is 0 Å². The zero-order valence-electron chi connectivity index (χ0n) is 10.8. The molecule has 6 heteroatoms. The van der Waals surface area contributed by atoms with Gasteiger partial charge in [-0.05, 0) is 18.8 Å². The first-order valence-corrected chi connectivity index (χ1v) is 7.27. The van der Waals surface area contributed by atoms with Gasteiger partial charge in [0.25, 0.3) is 5.91 Å². The molecule has 1 amide bonds. The summed E-state index contributed by atoms with van der Waals surface area (Å²) in [7, 11) is 0. The molecule has 1 aromatic rings. The quantitative estimate of drug-likeness (QED) is 0.804. The van der Waals surface area contributed by atoms with Crippen LogP contribution in [0.25, 0.3) is 0 Å². The maximum absolute atomic E-state index is 12.3. The molecule has 1 unspecified atom stereocenters. The van der Waals surface area contributed by atoms with Crippen LogP contribution in [0.1, 0.15) is 22.5 Å². The highest BCUT2D eigenvalue weighted by molar-refractivity contribution is 7.17. The SMILES string of the molecule is C=CCNc1ncc(C(=O)N2CCCC(CO)C2)s1. The van der Waals surface area contributed by atoms with Crippen molar-refractivity contribution in [3.63, 3.8) is 0 Å². The van der Waals surface area contributed by atoms with E-state index < -0.39 is 0 Å². The van der Waals surface area contributed by atoms with Crippen molar-refractivity contribution < 1.29 is 9.90 Å². The van der Waals surface area contributed by atoms with Crippen molar-refractivity contribution in [1.82, 2.24) is 9.88 Å². The Hall–Kier alpha value is -1.40. The normalized spacial score (nSPS) is 19.2. The lowest BCUT2D eigenvalue weighted by atomic mass is 9.99. The molecule has 1 aromatic heterocycles. The van der Waals surface area contributed by atoms with E-state index in [-0.39, 0.29) is 18.4 Å². The van der Waals surface area contributed by atoms with Gasteiger partial charge in [0, 0.05) is 26.2 Å². The van der Waals surface area contributed by atoms with Gasteiger partial charge in [-0.25, -0.2) is 4.98 Å². The smallest absolute Gasteiger partial charge is 0.265 e. The van der Waals surface area contributed by atoms with Crippen molar-refractivity contribution >= 4 is 22.4 Å². The van der Waals surface area contributed by atoms with Gasteiger partial charge in [-0.2, -0.15) is 0 Å². The number of nitrogens with one attached hydrogen (secondary N) is 1. The monoisotopic (exact) mass is 281 g/mol. The lowest BCUT2D eigenvalue weighted by molar-refractivity contribution is 0.0625. The third kappa shape index (κ3) is 3.54. The van der Waals surface area contributed by atoms with Crippen LogP contribution in [0.2, 0.25) is 0 Å². The molecule has 0 saturated carbocycles. The minimum Gasteiger partial charge on any atom is -0.396 e. The lowest BCUT2D eigenvalue weighted by Crippen LogP contribution is -2.40. The Bertz CT molecular complexity index is 447. The second kappa shape index (κ2) is 6.68. The van der Waals surface area contributed by atoms with Crippen LogP contribution < -0.4 is 5.32 Å². The first-order chi connectivity index (χ1) is 9.24. The van der Waals surface area contributed by atoms with Crippen molar-refractivity contribution in [3.05, 3.63) is 23.7 Å². The van der Waals surface area contributed by atoms with E-state index in [1.165, 1.54) is 11.3 Å². The zero-order valence-corrected chi connectivity index (χ0v) is 11.7. The maximum atomic E-state index is 12.3. The average molecular weight is 281 g/mol. The molecule has 0 aromatic carbocycles. The second-order valence-corrected chi connectivity index (χ2v) is 5.67. The predicted octanol–water partition coefficient (Wildman–Crippen LogP) is 1.59. The molecule has 19 heavy (non-hydrogen) atoms. The van der Waals surface area contributed by atoms with E-state index in [2.05, 4.69) is 16.9 Å². The third-order valence-electron chi connectivity index (χ3n) is 3.18. The molecule has 5 nitrogen and oxygen atoms in total. The van der Waals surface area contributed by atoms with E-state index in [0.717, 1.165) is 24.5 Å². The van der Waals surface area contributed by atoms with Crippen LogP contribution in [-0.2, 0) is 0 Å². The van der Waals surface area contributed by atoms with E-state index in [1.807, 2.05) is 4.90 Å². The summed E-state index contributed by atoms with van der Waals surface area (Å²) in [6.07, 6.45) is 5.31. The molecule has 1 saturated heterocycles. The summed E-state index contributed by atoms with van der Waals surface area (Å²) in [5.74, 6) is 0.228. The number of carbonyl (C=O) groups is 1. The summed E-state index contributed by atoms with van der Waals surface area (Å²) < 4.78 is 0. The number of nitrogens with zero attached hydrogens (tertiary/aromatic N) is 2. The number of aliphatic hydroxyl groups excluding tert-OH is 1. The van der Waals surface area contributed by atoms with Gasteiger partial charge in [0.05, 0.1) is 6.20 Å². The number of hydrogen-bond acceptors (Lipinski definition) is 5. The summed E-state index contributed by atoms with van der Waals surface area (Å²) in [6.45, 7) is 5.82. The molecule has 2 rings (SSSR count). The van der Waals surface area contributed by atoms with Gasteiger partial charge < -0.3 is 15.3 Å². The molecule has 1 aliphatic heterocycles. The molecular weight excluding hydrogens is 262 g/mol. The van der Waals surface area contributed by atoms with Crippen LogP contribution in [0.15, 0.2) is 18.9 Å². The molecular formula is C13H19N3O2S. The molecule has 2 N–H and O–H groups in total. The number of anilines is 1. The first-order valence-electron chi connectivity index (χ1n) is 6.45. The van der Waals surface area contributed by atoms with E-state index in [1.54, 1.807) is 12.3 Å². The molecule has 0 spiro atoms. The molecule has 0 aliphatic carbocycles. The van der Waals surface area contributed by atoms with Gasteiger partial charge in [-0.15, -0.1) is 6.58 Å². The number of thiazole rings is 1. The zero-order chi connectivity index (χ0) is 13.7. The maximum Gasteiger partial charge on any atom is 0.265 e. The molecule has 1 aliphatic rings. The van der Waals surface area contributed by atoms with Gasteiger partial charge in [-0.1, -0.05) is 17.4 Å². The topological polar surface area (TPSA) is 65.5 Å². The van der Waals surface area contributed by atoms with Crippen LogP contribution in [-0.4, -0.2) is 47.1 Å². The average Bonchev–Trinajstić information content (AvgIpc) is 2.93. The summed E-state index contributed by atoms with van der Waals surface area (Å²) in [6, 6.07) is 0. The van der Waals surface area contributed by atoms with Gasteiger partial charge in [0.2, 0.25) is 0 Å². The number of hydrogen-bond donors (Lipinski definition) is 2. The minimum absolute atomic E-state index is 0.0160. The molecule has 1 atom stereocenters. The van der Waals surface area contributed by atoms with Gasteiger partial charge in [-0.3, -0.25) is 4.79 Å². The van der Waals surface area contributed by atoms with Crippen molar-refractivity contribution in [2.45, 2.75) is 12.8 Å². The summed E-state index contributed by atoms with van der Waals surface area (Å²) >= 11 is 1.36. The summed E-state index contributed by atoms with van der Waals surface area (Å²) in [4.78, 5) is 18.9. The fourth-order valence-electron chi connectivity index (χ4n) is 2.17. The Morgan fingerprint density at radius 3 is 3.32 bits per heavy atom. The van der Waals surface area contributed by atoms with Crippen LogP contribution in [0.5, 0.6) is 0 Å². The number of carbonyl (C=O) groups excluding carboxylic acids is 1. The molecule has 1 fully saturated rings. The number of piperidine rings is 1. The van der Waals surface area contributed by atoms with Crippen LogP contribution >= 0.6 is 11.3 Å². The Labute approximate surface area is 117 Å². The Morgan fingerprint density at radius 2 is 2.58 bits per heavy atom. The highest BCUT2D eigenvalue weighted by Crippen LogP contribution is 2.23. The van der Waals surface area contributed by atoms with E-state index in [9.17, 15) is 9.90 Å². The predicted molar refractivity (Wildman–Crippen MR) is 76.5 cm³/mol. The van der Waals surface area contributed by atoms with E-state index in [0.29, 0.717) is 18.0 Å². The number of aromatic nitrogens is 1. The Balaban J connectivity index is 1.98. The molecule has 0 bridgehead atoms. The lowest BCUT2D eigenvalue weighted by Gasteiger charge is -2.31. The Morgan fingerprint density at radius 1 is 1.74 bits per heavy atom. The minimum atomic E-state index is 0.0160. The highest BCUT2D eigenvalue weighted by atomic mass is 32.1. The van der Waals surface area contributed by atoms with Crippen LogP contribution in [0, 0.1) is 5.92 Å². The third-order valence-corrected chi connectivity index (χ3v) is 4.12. The van der Waals surface area contributed by atoms with E-state index in [4.69, 9.17) is 0 Å². The standard InChI is InChI=1S/C13H19N3O2S/c1-2-5-14-13-15-7-11(19-13)12(18)16-6-3-4-10(8-16)9-17/h2,7,10,17H,1,3-6,8-9H2,(H,14,15). The molecule has 0 radical (unpaired) electrons. The Kier molecular flexibility index (Phi) is 4.93. The number of rotatable bonds is 5. The van der Waals surface area contributed by atoms with Gasteiger partial charge in [0.1, 0.15) is 4.88 Å². The van der Waals surface area contributed by atoms with Gasteiger partial charge >= 0.3 is 0 Å². The van der Waals surface area contributed by atoms with Crippen molar-refractivity contribution in [2.75, 3.05) is 31.6 Å². The second-order valence-electron chi connectivity index (χ2n) is 4.64. The van der Waals surface area contributed by atoms with Crippen molar-refractivity contribution in [2.24, 2.45) is 5.92 Å². The highest BCUT2D eigenvalue weighted by Gasteiger charge is 2.25. The number of amides is 1. The molecule has 2 heterocycles. The number of likely N-dealkylation sites (tertiary alicyclic amines) is 1. The van der Waals surface area contributed by atoms with Crippen molar-refractivity contribution in [3.8, 4) is 0 Å². The van der Waals surface area contributed by atoms with E-state index >= 15 is 0 Å². The van der Waals surface area contributed by atoms with Crippen LogP contribution in [0.3, 0.4) is 0 Å². The fourth-order valence-corrected chi connectivity index (χ4v) is 2.96. The van der Waals surface area contributed by atoms with Gasteiger partial charge in [0.15, 0.2) is 5.13 Å². The summed E-state index contributed by atoms with van der Waals surface area (Å²) in [5, 5.41) is 13.0. The number of aliphatic hydroxyl groups is 1. The van der Waals surface area contributed by atoms with Crippen LogP contribution in [0.4, 0.5) is 5.13 Å². The molecule has 104 valence electrons. The summed E-state index contributed by atoms with van der Waals surface area (Å²) in [5.41, 5.74) is 0. The first kappa shape index (κ1) is 14.0. The largest absolute Gasteiger partial charge is 0.396 e.